The van der Waals surface area contributed by atoms with Crippen molar-refractivity contribution >= 4 is 11.6 Å². The van der Waals surface area contributed by atoms with Gasteiger partial charge in [0, 0.05) is 12.6 Å². The Balaban J connectivity index is 2.10. The van der Waals surface area contributed by atoms with Crippen molar-refractivity contribution < 1.29 is 4.79 Å². The first kappa shape index (κ1) is 10.2. The van der Waals surface area contributed by atoms with Crippen molar-refractivity contribution in [3.05, 3.63) is 29.8 Å². The van der Waals surface area contributed by atoms with E-state index in [1.165, 1.54) is 18.9 Å². The molecule has 3 heteroatoms. The Morgan fingerprint density at radius 1 is 1.60 bits per heavy atom. The SMILES string of the molecule is CC(=O)Nc1cccc([C@H]2C[C@@H]2CN)c1. The number of benzene rings is 1. The summed E-state index contributed by atoms with van der Waals surface area (Å²) < 4.78 is 0. The second-order valence-corrected chi connectivity index (χ2v) is 4.14. The molecule has 3 N–H and O–H groups in total. The Hall–Kier alpha value is -1.35. The van der Waals surface area contributed by atoms with Crippen molar-refractivity contribution in [2.45, 2.75) is 19.3 Å². The Bertz CT molecular complexity index is 376. The molecule has 15 heavy (non-hydrogen) atoms. The highest BCUT2D eigenvalue weighted by molar-refractivity contribution is 5.88. The van der Waals surface area contributed by atoms with Gasteiger partial charge in [0.1, 0.15) is 0 Å². The number of rotatable bonds is 3. The highest BCUT2D eigenvalue weighted by atomic mass is 16.1. The highest BCUT2D eigenvalue weighted by Crippen LogP contribution is 2.46. The molecule has 1 aromatic rings. The maximum atomic E-state index is 10.9. The molecule has 80 valence electrons. The summed E-state index contributed by atoms with van der Waals surface area (Å²) in [7, 11) is 0. The minimum atomic E-state index is -0.0293. The van der Waals surface area contributed by atoms with Crippen molar-refractivity contribution in [2.24, 2.45) is 11.7 Å². The summed E-state index contributed by atoms with van der Waals surface area (Å²) >= 11 is 0. The fourth-order valence-electron chi connectivity index (χ4n) is 1.97. The van der Waals surface area contributed by atoms with Crippen LogP contribution in [0.1, 0.15) is 24.8 Å². The molecule has 0 bridgehead atoms. The van der Waals surface area contributed by atoms with Crippen LogP contribution in [0.5, 0.6) is 0 Å². The van der Waals surface area contributed by atoms with E-state index in [1.807, 2.05) is 18.2 Å². The van der Waals surface area contributed by atoms with Gasteiger partial charge in [-0.05, 0) is 42.5 Å². The molecular formula is C12H16N2O. The first-order valence-electron chi connectivity index (χ1n) is 5.28. The zero-order valence-electron chi connectivity index (χ0n) is 8.86. The Morgan fingerprint density at radius 3 is 3.00 bits per heavy atom. The Labute approximate surface area is 89.7 Å². The standard InChI is InChI=1S/C12H16N2O/c1-8(15)14-11-4-2-3-9(5-11)12-6-10(12)7-13/h2-5,10,12H,6-7,13H2,1H3,(H,14,15)/t10-,12-/m1/s1. The van der Waals surface area contributed by atoms with E-state index in [9.17, 15) is 4.79 Å². The number of amides is 1. The zero-order chi connectivity index (χ0) is 10.8. The molecule has 1 aliphatic carbocycles. The topological polar surface area (TPSA) is 55.1 Å². The third-order valence-corrected chi connectivity index (χ3v) is 2.86. The van der Waals surface area contributed by atoms with Crippen molar-refractivity contribution in [1.82, 2.24) is 0 Å². The van der Waals surface area contributed by atoms with Gasteiger partial charge in [-0.1, -0.05) is 12.1 Å². The number of anilines is 1. The van der Waals surface area contributed by atoms with E-state index >= 15 is 0 Å². The van der Waals surface area contributed by atoms with Gasteiger partial charge in [-0.25, -0.2) is 0 Å². The minimum absolute atomic E-state index is 0.0293. The van der Waals surface area contributed by atoms with E-state index < -0.39 is 0 Å². The van der Waals surface area contributed by atoms with Gasteiger partial charge in [-0.15, -0.1) is 0 Å². The fraction of sp³-hybridized carbons (Fsp3) is 0.417. The quantitative estimate of drug-likeness (QED) is 0.787. The first-order valence-corrected chi connectivity index (χ1v) is 5.28. The fourth-order valence-corrected chi connectivity index (χ4v) is 1.97. The van der Waals surface area contributed by atoms with Gasteiger partial charge in [0.2, 0.25) is 5.91 Å². The van der Waals surface area contributed by atoms with Crippen LogP contribution in [0.25, 0.3) is 0 Å². The van der Waals surface area contributed by atoms with Crippen molar-refractivity contribution in [3.8, 4) is 0 Å². The highest BCUT2D eigenvalue weighted by Gasteiger charge is 2.36. The molecule has 0 heterocycles. The average Bonchev–Trinajstić information content (AvgIpc) is 2.96. The second kappa shape index (κ2) is 4.03. The molecule has 1 aromatic carbocycles. The molecule has 1 saturated carbocycles. The summed E-state index contributed by atoms with van der Waals surface area (Å²) in [5.41, 5.74) is 7.78. The largest absolute Gasteiger partial charge is 0.330 e. The number of carbonyl (C=O) groups excluding carboxylic acids is 1. The summed E-state index contributed by atoms with van der Waals surface area (Å²) in [5, 5.41) is 2.79. The van der Waals surface area contributed by atoms with Gasteiger partial charge in [0.05, 0.1) is 0 Å². The maximum Gasteiger partial charge on any atom is 0.221 e. The lowest BCUT2D eigenvalue weighted by Crippen LogP contribution is -2.06. The van der Waals surface area contributed by atoms with Crippen LogP contribution >= 0.6 is 0 Å². The molecule has 0 unspecified atom stereocenters. The minimum Gasteiger partial charge on any atom is -0.330 e. The molecule has 0 aromatic heterocycles. The van der Waals surface area contributed by atoms with Crippen LogP contribution in [0.3, 0.4) is 0 Å². The average molecular weight is 204 g/mol. The van der Waals surface area contributed by atoms with Crippen LogP contribution < -0.4 is 11.1 Å². The number of nitrogens with two attached hydrogens (primary N) is 1. The van der Waals surface area contributed by atoms with E-state index in [0.29, 0.717) is 11.8 Å². The number of hydrogen-bond donors (Lipinski definition) is 2. The smallest absolute Gasteiger partial charge is 0.221 e. The third kappa shape index (κ3) is 2.36. The van der Waals surface area contributed by atoms with Crippen LogP contribution in [-0.2, 0) is 4.79 Å². The van der Waals surface area contributed by atoms with Crippen molar-refractivity contribution in [1.29, 1.82) is 0 Å². The lowest BCUT2D eigenvalue weighted by Gasteiger charge is -2.04. The molecule has 1 fully saturated rings. The van der Waals surface area contributed by atoms with Gasteiger partial charge in [-0.2, -0.15) is 0 Å². The van der Waals surface area contributed by atoms with E-state index in [2.05, 4.69) is 11.4 Å². The van der Waals surface area contributed by atoms with Crippen LogP contribution in [0.2, 0.25) is 0 Å². The van der Waals surface area contributed by atoms with E-state index in [-0.39, 0.29) is 5.91 Å². The van der Waals surface area contributed by atoms with Gasteiger partial charge >= 0.3 is 0 Å². The molecule has 1 aliphatic rings. The Kier molecular flexibility index (Phi) is 2.73. The van der Waals surface area contributed by atoms with E-state index in [0.717, 1.165) is 12.2 Å². The second-order valence-electron chi connectivity index (χ2n) is 4.14. The number of nitrogens with one attached hydrogen (secondary N) is 1. The number of carbonyl (C=O) groups is 1. The first-order chi connectivity index (χ1) is 7.20. The van der Waals surface area contributed by atoms with Crippen molar-refractivity contribution in [3.63, 3.8) is 0 Å². The third-order valence-electron chi connectivity index (χ3n) is 2.86. The molecule has 3 nitrogen and oxygen atoms in total. The van der Waals surface area contributed by atoms with Gasteiger partial charge in [0.15, 0.2) is 0 Å². The monoisotopic (exact) mass is 204 g/mol. The van der Waals surface area contributed by atoms with Crippen LogP contribution in [0, 0.1) is 5.92 Å². The molecular weight excluding hydrogens is 188 g/mol. The maximum absolute atomic E-state index is 10.9. The van der Waals surface area contributed by atoms with Gasteiger partial charge in [0.25, 0.3) is 0 Å². The van der Waals surface area contributed by atoms with Crippen molar-refractivity contribution in [2.75, 3.05) is 11.9 Å². The zero-order valence-corrected chi connectivity index (χ0v) is 8.86. The molecule has 2 rings (SSSR count). The van der Waals surface area contributed by atoms with E-state index in [1.54, 1.807) is 0 Å². The van der Waals surface area contributed by atoms with E-state index in [4.69, 9.17) is 5.73 Å². The lowest BCUT2D eigenvalue weighted by atomic mass is 10.1. The van der Waals surface area contributed by atoms with Crippen LogP contribution in [-0.4, -0.2) is 12.5 Å². The molecule has 2 atom stereocenters. The summed E-state index contributed by atoms with van der Waals surface area (Å²) in [6, 6.07) is 8.03. The normalized spacial score (nSPS) is 23.6. The predicted octanol–water partition coefficient (Wildman–Crippen LogP) is 1.71. The van der Waals surface area contributed by atoms with Crippen LogP contribution in [0.15, 0.2) is 24.3 Å². The van der Waals surface area contributed by atoms with Gasteiger partial charge in [-0.3, -0.25) is 4.79 Å². The van der Waals surface area contributed by atoms with Gasteiger partial charge < -0.3 is 11.1 Å². The summed E-state index contributed by atoms with van der Waals surface area (Å²) in [6.07, 6.45) is 1.18. The molecule has 0 aliphatic heterocycles. The summed E-state index contributed by atoms with van der Waals surface area (Å²) in [5.74, 6) is 1.21. The molecule has 0 radical (unpaired) electrons. The Morgan fingerprint density at radius 2 is 2.40 bits per heavy atom. The molecule has 1 amide bonds. The summed E-state index contributed by atoms with van der Waals surface area (Å²) in [6.45, 7) is 2.28. The predicted molar refractivity (Wildman–Crippen MR) is 60.6 cm³/mol. The number of hydrogen-bond acceptors (Lipinski definition) is 2. The van der Waals surface area contributed by atoms with Crippen LogP contribution in [0.4, 0.5) is 5.69 Å². The molecule has 0 spiro atoms. The molecule has 0 saturated heterocycles. The summed E-state index contributed by atoms with van der Waals surface area (Å²) in [4.78, 5) is 10.9. The lowest BCUT2D eigenvalue weighted by molar-refractivity contribution is -0.114.